The lowest BCUT2D eigenvalue weighted by molar-refractivity contribution is 0.246. The van der Waals surface area contributed by atoms with Gasteiger partial charge in [-0.05, 0) is 11.5 Å². The second kappa shape index (κ2) is 6.84. The van der Waals surface area contributed by atoms with Crippen molar-refractivity contribution >= 4 is 16.6 Å². The first-order valence-electron chi connectivity index (χ1n) is 8.96. The second-order valence-electron chi connectivity index (χ2n) is 6.95. The number of aromatic nitrogens is 2. The van der Waals surface area contributed by atoms with Crippen molar-refractivity contribution in [2.75, 3.05) is 31.1 Å². The Morgan fingerprint density at radius 1 is 1.08 bits per heavy atom. The van der Waals surface area contributed by atoms with E-state index >= 15 is 0 Å². The van der Waals surface area contributed by atoms with Crippen LogP contribution < -0.4 is 4.90 Å². The summed E-state index contributed by atoms with van der Waals surface area (Å²) >= 11 is 0. The van der Waals surface area contributed by atoms with Crippen LogP contribution in [0, 0.1) is 0 Å². The number of benzene rings is 1. The van der Waals surface area contributed by atoms with Crippen LogP contribution in [-0.4, -0.2) is 41.0 Å². The molecule has 1 aromatic carbocycles. The van der Waals surface area contributed by atoms with Gasteiger partial charge in [-0.2, -0.15) is 0 Å². The molecule has 0 spiro atoms. The van der Waals surface area contributed by atoms with E-state index in [1.54, 1.807) is 6.26 Å². The Kier molecular flexibility index (Phi) is 4.40. The van der Waals surface area contributed by atoms with Crippen LogP contribution >= 0.6 is 0 Å². The van der Waals surface area contributed by atoms with Crippen LogP contribution in [-0.2, 0) is 6.54 Å². The van der Waals surface area contributed by atoms with E-state index in [4.69, 9.17) is 4.42 Å². The molecule has 0 radical (unpaired) electrons. The first-order chi connectivity index (χ1) is 12.2. The van der Waals surface area contributed by atoms with Gasteiger partial charge in [0.1, 0.15) is 12.1 Å². The number of rotatable bonds is 4. The Labute approximate surface area is 148 Å². The molecule has 0 unspecified atom stereocenters. The molecule has 25 heavy (non-hydrogen) atoms. The standard InChI is InChI=1S/C20H24N4O/c1-15(2)20-22-17(14-25-20)13-23-9-11-24(12-10-23)19-18-6-4-3-5-16(18)7-8-21-19/h3-8,14-15H,9-13H2,1-2H3. The van der Waals surface area contributed by atoms with E-state index in [9.17, 15) is 0 Å². The Balaban J connectivity index is 1.42. The normalized spacial score (nSPS) is 16.0. The van der Waals surface area contributed by atoms with E-state index in [2.05, 4.69) is 63.9 Å². The molecule has 3 aromatic rings. The van der Waals surface area contributed by atoms with Crippen LogP contribution in [0.25, 0.3) is 10.8 Å². The second-order valence-corrected chi connectivity index (χ2v) is 6.95. The first-order valence-corrected chi connectivity index (χ1v) is 8.96. The third-order valence-corrected chi connectivity index (χ3v) is 4.77. The van der Waals surface area contributed by atoms with Gasteiger partial charge in [0.2, 0.25) is 0 Å². The number of anilines is 1. The van der Waals surface area contributed by atoms with Crippen molar-refractivity contribution in [3.8, 4) is 0 Å². The zero-order valence-electron chi connectivity index (χ0n) is 14.9. The minimum Gasteiger partial charge on any atom is -0.448 e. The highest BCUT2D eigenvalue weighted by Crippen LogP contribution is 2.25. The molecule has 1 aliphatic rings. The smallest absolute Gasteiger partial charge is 0.196 e. The Hall–Kier alpha value is -2.40. The largest absolute Gasteiger partial charge is 0.448 e. The number of hydrogen-bond donors (Lipinski definition) is 0. The highest BCUT2D eigenvalue weighted by Gasteiger charge is 2.20. The number of pyridine rings is 1. The molecular formula is C20H24N4O. The Bertz CT molecular complexity index is 844. The van der Waals surface area contributed by atoms with Gasteiger partial charge in [0.15, 0.2) is 5.89 Å². The zero-order valence-corrected chi connectivity index (χ0v) is 14.9. The van der Waals surface area contributed by atoms with Gasteiger partial charge in [0, 0.05) is 50.2 Å². The molecule has 2 aromatic heterocycles. The van der Waals surface area contributed by atoms with Crippen molar-refractivity contribution < 1.29 is 4.42 Å². The molecule has 0 aliphatic carbocycles. The molecule has 5 heteroatoms. The summed E-state index contributed by atoms with van der Waals surface area (Å²) in [6.07, 6.45) is 3.71. The fourth-order valence-corrected chi connectivity index (χ4v) is 3.36. The number of piperazine rings is 1. The average Bonchev–Trinajstić information content (AvgIpc) is 3.11. The molecule has 0 saturated carbocycles. The average molecular weight is 336 g/mol. The first kappa shape index (κ1) is 16.1. The minimum absolute atomic E-state index is 0.336. The summed E-state index contributed by atoms with van der Waals surface area (Å²) in [5.74, 6) is 2.26. The molecule has 0 atom stereocenters. The third kappa shape index (κ3) is 3.37. The zero-order chi connectivity index (χ0) is 17.2. The van der Waals surface area contributed by atoms with Gasteiger partial charge in [-0.3, -0.25) is 4.90 Å². The van der Waals surface area contributed by atoms with Crippen LogP contribution in [0.3, 0.4) is 0 Å². The summed E-state index contributed by atoms with van der Waals surface area (Å²) in [6, 6.07) is 10.5. The summed E-state index contributed by atoms with van der Waals surface area (Å²) in [5.41, 5.74) is 1.03. The van der Waals surface area contributed by atoms with Crippen LogP contribution in [0.1, 0.15) is 31.4 Å². The molecule has 0 bridgehead atoms. The topological polar surface area (TPSA) is 45.4 Å². The van der Waals surface area contributed by atoms with Crippen LogP contribution in [0.5, 0.6) is 0 Å². The van der Waals surface area contributed by atoms with Gasteiger partial charge in [-0.25, -0.2) is 9.97 Å². The van der Waals surface area contributed by atoms with E-state index in [-0.39, 0.29) is 0 Å². The van der Waals surface area contributed by atoms with E-state index < -0.39 is 0 Å². The van der Waals surface area contributed by atoms with Crippen molar-refractivity contribution in [1.82, 2.24) is 14.9 Å². The molecule has 3 heterocycles. The van der Waals surface area contributed by atoms with Crippen molar-refractivity contribution in [3.63, 3.8) is 0 Å². The molecule has 0 N–H and O–H groups in total. The van der Waals surface area contributed by atoms with Crippen molar-refractivity contribution in [2.45, 2.75) is 26.3 Å². The van der Waals surface area contributed by atoms with Gasteiger partial charge in [-0.15, -0.1) is 0 Å². The number of nitrogens with zero attached hydrogens (tertiary/aromatic N) is 4. The van der Waals surface area contributed by atoms with E-state index in [0.717, 1.165) is 50.1 Å². The van der Waals surface area contributed by atoms with Gasteiger partial charge >= 0.3 is 0 Å². The number of fused-ring (bicyclic) bond motifs is 1. The molecule has 1 saturated heterocycles. The monoisotopic (exact) mass is 336 g/mol. The molecule has 1 fully saturated rings. The molecule has 0 amide bonds. The maximum absolute atomic E-state index is 5.55. The van der Waals surface area contributed by atoms with Crippen LogP contribution in [0.4, 0.5) is 5.82 Å². The van der Waals surface area contributed by atoms with Crippen molar-refractivity contribution in [2.24, 2.45) is 0 Å². The Morgan fingerprint density at radius 2 is 1.88 bits per heavy atom. The van der Waals surface area contributed by atoms with E-state index in [1.807, 2.05) is 6.20 Å². The van der Waals surface area contributed by atoms with Gasteiger partial charge in [0.25, 0.3) is 0 Å². The fraction of sp³-hybridized carbons (Fsp3) is 0.400. The molecular weight excluding hydrogens is 312 g/mol. The summed E-state index contributed by atoms with van der Waals surface area (Å²) in [5, 5.41) is 2.48. The minimum atomic E-state index is 0.336. The van der Waals surface area contributed by atoms with Gasteiger partial charge in [-0.1, -0.05) is 38.1 Å². The Morgan fingerprint density at radius 3 is 2.64 bits per heavy atom. The molecule has 5 nitrogen and oxygen atoms in total. The lowest BCUT2D eigenvalue weighted by atomic mass is 10.1. The lowest BCUT2D eigenvalue weighted by Crippen LogP contribution is -2.46. The number of hydrogen-bond acceptors (Lipinski definition) is 5. The maximum Gasteiger partial charge on any atom is 0.196 e. The quantitative estimate of drug-likeness (QED) is 0.727. The van der Waals surface area contributed by atoms with Crippen LogP contribution in [0.15, 0.2) is 47.2 Å². The molecule has 4 rings (SSSR count). The third-order valence-electron chi connectivity index (χ3n) is 4.77. The maximum atomic E-state index is 5.55. The SMILES string of the molecule is CC(C)c1nc(CN2CCN(c3nccc4ccccc34)CC2)co1. The highest BCUT2D eigenvalue weighted by atomic mass is 16.3. The van der Waals surface area contributed by atoms with Crippen LogP contribution in [0.2, 0.25) is 0 Å². The summed E-state index contributed by atoms with van der Waals surface area (Å²) in [4.78, 5) is 14.1. The summed E-state index contributed by atoms with van der Waals surface area (Å²) in [6.45, 7) is 9.04. The number of oxazole rings is 1. The summed E-state index contributed by atoms with van der Waals surface area (Å²) < 4.78 is 5.55. The van der Waals surface area contributed by atoms with E-state index in [0.29, 0.717) is 5.92 Å². The van der Waals surface area contributed by atoms with Gasteiger partial charge in [0.05, 0.1) is 5.69 Å². The van der Waals surface area contributed by atoms with Gasteiger partial charge < -0.3 is 9.32 Å². The highest BCUT2D eigenvalue weighted by molar-refractivity contribution is 5.92. The lowest BCUT2D eigenvalue weighted by Gasteiger charge is -2.35. The molecule has 130 valence electrons. The fourth-order valence-electron chi connectivity index (χ4n) is 3.36. The predicted molar refractivity (Wildman–Crippen MR) is 99.8 cm³/mol. The predicted octanol–water partition coefficient (Wildman–Crippen LogP) is 3.67. The van der Waals surface area contributed by atoms with Crippen molar-refractivity contribution in [1.29, 1.82) is 0 Å². The van der Waals surface area contributed by atoms with E-state index in [1.165, 1.54) is 10.8 Å². The molecule has 1 aliphatic heterocycles. The van der Waals surface area contributed by atoms with Crippen molar-refractivity contribution in [3.05, 3.63) is 54.4 Å². The summed E-state index contributed by atoms with van der Waals surface area (Å²) in [7, 11) is 0.